The molecule has 0 aliphatic carbocycles. The van der Waals surface area contributed by atoms with Gasteiger partial charge >= 0.3 is 6.36 Å². The molecule has 0 saturated carbocycles. The molecule has 1 aromatic heterocycles. The number of likely N-dealkylation sites (tertiary alicyclic amines) is 1. The van der Waals surface area contributed by atoms with Crippen LogP contribution in [0.25, 0.3) is 0 Å². The number of carbonyl (C=O) groups excluding carboxylic acids is 1. The fraction of sp³-hybridized carbons (Fsp3) is 0.375. The zero-order chi connectivity index (χ0) is 18.9. The van der Waals surface area contributed by atoms with E-state index in [4.69, 9.17) is 10.3 Å². The predicted molar refractivity (Wildman–Crippen MR) is 81.9 cm³/mol. The zero-order valence-electron chi connectivity index (χ0n) is 13.4. The summed E-state index contributed by atoms with van der Waals surface area (Å²) in [5.74, 6) is -2.08. The average molecular weight is 373 g/mol. The highest BCUT2D eigenvalue weighted by molar-refractivity contribution is 5.94. The number of hydrogen-bond donors (Lipinski definition) is 1. The second-order valence-corrected chi connectivity index (χ2v) is 5.91. The number of aromatic nitrogens is 1. The van der Waals surface area contributed by atoms with Crippen LogP contribution in [0.2, 0.25) is 0 Å². The third-order valence-electron chi connectivity index (χ3n) is 4.15. The molecular weight excluding hydrogens is 358 g/mol. The van der Waals surface area contributed by atoms with E-state index in [0.29, 0.717) is 37.7 Å². The second kappa shape index (κ2) is 6.85. The van der Waals surface area contributed by atoms with Crippen molar-refractivity contribution < 1.29 is 31.6 Å². The lowest BCUT2D eigenvalue weighted by Gasteiger charge is -2.31. The van der Waals surface area contributed by atoms with E-state index in [1.165, 1.54) is 4.90 Å². The number of amides is 1. The lowest BCUT2D eigenvalue weighted by molar-refractivity contribution is -0.274. The maximum absolute atomic E-state index is 14.0. The van der Waals surface area contributed by atoms with Gasteiger partial charge in [0.05, 0.1) is 11.3 Å². The maximum Gasteiger partial charge on any atom is 0.573 e. The van der Waals surface area contributed by atoms with Gasteiger partial charge < -0.3 is 19.9 Å². The number of benzene rings is 1. The number of hydrogen-bond acceptors (Lipinski definition) is 5. The summed E-state index contributed by atoms with van der Waals surface area (Å²) in [5, 5.41) is 3.85. The van der Waals surface area contributed by atoms with Crippen LogP contribution in [0.5, 0.6) is 5.75 Å². The number of alkyl halides is 3. The molecule has 2 aromatic rings. The standard InChI is InChI=1S/C16H15F4N3O3/c17-12-7-10(25-16(18,19)20)1-2-11(12)15(24)23-5-3-9(4-6-23)13-8-14(21)26-22-13/h1-2,7-9H,3-6,21H2. The van der Waals surface area contributed by atoms with Crippen LogP contribution in [0, 0.1) is 5.82 Å². The Bertz CT molecular complexity index is 798. The third-order valence-corrected chi connectivity index (χ3v) is 4.15. The van der Waals surface area contributed by atoms with Crippen LogP contribution >= 0.6 is 0 Å². The molecule has 140 valence electrons. The Labute approximate surface area is 145 Å². The second-order valence-electron chi connectivity index (χ2n) is 5.91. The molecule has 6 nitrogen and oxygen atoms in total. The van der Waals surface area contributed by atoms with Crippen molar-refractivity contribution in [2.75, 3.05) is 18.8 Å². The molecule has 10 heteroatoms. The number of halogens is 4. The van der Waals surface area contributed by atoms with Gasteiger partial charge in [-0.2, -0.15) is 0 Å². The fourth-order valence-electron chi connectivity index (χ4n) is 2.91. The number of nitrogens with two attached hydrogens (primary N) is 1. The summed E-state index contributed by atoms with van der Waals surface area (Å²) in [5.41, 5.74) is 5.89. The molecule has 1 aliphatic rings. The molecule has 0 unspecified atom stereocenters. The van der Waals surface area contributed by atoms with Gasteiger partial charge in [0.25, 0.3) is 5.91 Å². The minimum atomic E-state index is -4.93. The van der Waals surface area contributed by atoms with Gasteiger partial charge in [-0.3, -0.25) is 4.79 Å². The van der Waals surface area contributed by atoms with Crippen molar-refractivity contribution in [3.8, 4) is 5.75 Å². The highest BCUT2D eigenvalue weighted by Crippen LogP contribution is 2.30. The predicted octanol–water partition coefficient (Wildman–Crippen LogP) is 3.31. The van der Waals surface area contributed by atoms with E-state index in [0.717, 1.165) is 12.1 Å². The number of rotatable bonds is 3. The highest BCUT2D eigenvalue weighted by atomic mass is 19.4. The van der Waals surface area contributed by atoms with Crippen LogP contribution in [0.3, 0.4) is 0 Å². The number of piperidine rings is 1. The topological polar surface area (TPSA) is 81.6 Å². The number of nitrogen functional groups attached to an aromatic ring is 1. The zero-order valence-corrected chi connectivity index (χ0v) is 13.4. The molecule has 1 aliphatic heterocycles. The number of anilines is 1. The van der Waals surface area contributed by atoms with Crippen molar-refractivity contribution in [2.24, 2.45) is 0 Å². The molecule has 1 saturated heterocycles. The van der Waals surface area contributed by atoms with E-state index < -0.39 is 23.8 Å². The minimum absolute atomic E-state index is 0.0764. The molecule has 0 atom stereocenters. The lowest BCUT2D eigenvalue weighted by Crippen LogP contribution is -2.38. The highest BCUT2D eigenvalue weighted by Gasteiger charge is 2.32. The average Bonchev–Trinajstić information content (AvgIpc) is 2.99. The SMILES string of the molecule is Nc1cc(C2CCN(C(=O)c3ccc(OC(F)(F)F)cc3F)CC2)no1. The van der Waals surface area contributed by atoms with E-state index in [1.807, 2.05) is 0 Å². The van der Waals surface area contributed by atoms with E-state index >= 15 is 0 Å². The van der Waals surface area contributed by atoms with Crippen LogP contribution in [0.1, 0.15) is 34.8 Å². The van der Waals surface area contributed by atoms with Gasteiger partial charge in [-0.05, 0) is 25.0 Å². The van der Waals surface area contributed by atoms with Crippen molar-refractivity contribution in [2.45, 2.75) is 25.1 Å². The first-order valence-electron chi connectivity index (χ1n) is 7.79. The Morgan fingerprint density at radius 1 is 1.27 bits per heavy atom. The monoisotopic (exact) mass is 373 g/mol. The molecular formula is C16H15F4N3O3. The molecule has 1 fully saturated rings. The van der Waals surface area contributed by atoms with Gasteiger partial charge in [0.15, 0.2) is 0 Å². The van der Waals surface area contributed by atoms with Crippen LogP contribution in [-0.2, 0) is 0 Å². The first-order valence-corrected chi connectivity index (χ1v) is 7.79. The number of ether oxygens (including phenoxy) is 1. The van der Waals surface area contributed by atoms with Crippen LogP contribution in [0.4, 0.5) is 23.4 Å². The van der Waals surface area contributed by atoms with Crippen molar-refractivity contribution in [3.63, 3.8) is 0 Å². The van der Waals surface area contributed by atoms with Gasteiger partial charge in [-0.25, -0.2) is 4.39 Å². The molecule has 0 bridgehead atoms. The largest absolute Gasteiger partial charge is 0.573 e. The molecule has 2 heterocycles. The Hall–Kier alpha value is -2.78. The molecule has 26 heavy (non-hydrogen) atoms. The summed E-state index contributed by atoms with van der Waals surface area (Å²) < 4.78 is 59.0. The number of nitrogens with zero attached hydrogens (tertiary/aromatic N) is 2. The van der Waals surface area contributed by atoms with Crippen LogP contribution < -0.4 is 10.5 Å². The van der Waals surface area contributed by atoms with Crippen molar-refractivity contribution in [1.82, 2.24) is 10.1 Å². The molecule has 0 spiro atoms. The van der Waals surface area contributed by atoms with Gasteiger partial charge in [-0.15, -0.1) is 13.2 Å². The molecule has 1 aromatic carbocycles. The fourth-order valence-corrected chi connectivity index (χ4v) is 2.91. The van der Waals surface area contributed by atoms with Crippen LogP contribution in [0.15, 0.2) is 28.8 Å². The Morgan fingerprint density at radius 3 is 2.50 bits per heavy atom. The van der Waals surface area contributed by atoms with Gasteiger partial charge in [0, 0.05) is 31.1 Å². The van der Waals surface area contributed by atoms with E-state index in [-0.39, 0.29) is 17.4 Å². The van der Waals surface area contributed by atoms with Gasteiger partial charge in [-0.1, -0.05) is 5.16 Å². The first kappa shape index (κ1) is 18.0. The summed E-state index contributed by atoms with van der Waals surface area (Å²) >= 11 is 0. The van der Waals surface area contributed by atoms with E-state index in [9.17, 15) is 22.4 Å². The van der Waals surface area contributed by atoms with Gasteiger partial charge in [0.1, 0.15) is 11.6 Å². The Kier molecular flexibility index (Phi) is 4.75. The summed E-state index contributed by atoms with van der Waals surface area (Å²) in [6.45, 7) is 0.715. The summed E-state index contributed by atoms with van der Waals surface area (Å²) in [7, 11) is 0. The molecule has 0 radical (unpaired) electrons. The Morgan fingerprint density at radius 2 is 1.96 bits per heavy atom. The van der Waals surface area contributed by atoms with Crippen molar-refractivity contribution >= 4 is 11.8 Å². The van der Waals surface area contributed by atoms with Gasteiger partial charge in [0.2, 0.25) is 5.88 Å². The smallest absolute Gasteiger partial charge is 0.406 e. The minimum Gasteiger partial charge on any atom is -0.406 e. The summed E-state index contributed by atoms with van der Waals surface area (Å²) in [4.78, 5) is 13.9. The van der Waals surface area contributed by atoms with E-state index in [1.54, 1.807) is 6.07 Å². The van der Waals surface area contributed by atoms with E-state index in [2.05, 4.69) is 9.89 Å². The normalized spacial score (nSPS) is 15.9. The Balaban J connectivity index is 1.65. The molecule has 3 rings (SSSR count). The maximum atomic E-state index is 14.0. The third kappa shape index (κ3) is 4.06. The summed E-state index contributed by atoms with van der Waals surface area (Å²) in [6, 6.07) is 4.07. The molecule has 1 amide bonds. The number of carbonyl (C=O) groups is 1. The molecule has 2 N–H and O–H groups in total. The first-order chi connectivity index (χ1) is 12.2. The quantitative estimate of drug-likeness (QED) is 0.835. The summed E-state index contributed by atoms with van der Waals surface area (Å²) in [6.07, 6.45) is -3.74. The van der Waals surface area contributed by atoms with Crippen molar-refractivity contribution in [3.05, 3.63) is 41.3 Å². The lowest BCUT2D eigenvalue weighted by atomic mass is 9.93. The van der Waals surface area contributed by atoms with Crippen LogP contribution in [-0.4, -0.2) is 35.4 Å². The van der Waals surface area contributed by atoms with Crippen molar-refractivity contribution in [1.29, 1.82) is 0 Å².